The molecular formula is C60H55Cl4NO2. The molecule has 8 aromatic rings. The summed E-state index contributed by atoms with van der Waals surface area (Å²) in [6.45, 7) is 8.62. The quantitative estimate of drug-likeness (QED) is 0.0963. The molecule has 0 aliphatic heterocycles. The standard InChI is InChI=1S/C60H55Cl4NO2/c1-57(43-19-11-7-12-20-43,47-27-31-49(61)32-28-47)66-59(3,45-23-15-9-16-24-45)54-37-35-51(63)39-42(54)40-56(65(5)6)53-41-52(64)36-38-55(53)60(4,46-25-17-10-18-26-46)67-58(2,44-21-13-8-14-22-44)48-29-33-50(62)34-30-48/h7-39,41,56H,40H2,1-6H3. The van der Waals surface area contributed by atoms with Crippen LogP contribution in [0.2, 0.25) is 20.1 Å². The van der Waals surface area contributed by atoms with Crippen LogP contribution in [0.1, 0.15) is 89.4 Å². The summed E-state index contributed by atoms with van der Waals surface area (Å²) in [7, 11) is 4.23. The first-order chi connectivity index (χ1) is 32.1. The van der Waals surface area contributed by atoms with E-state index in [4.69, 9.17) is 55.9 Å². The van der Waals surface area contributed by atoms with Gasteiger partial charge in [0.15, 0.2) is 0 Å². The maximum Gasteiger partial charge on any atom is 0.117 e. The van der Waals surface area contributed by atoms with Gasteiger partial charge in [0.25, 0.3) is 0 Å². The minimum atomic E-state index is -1.02. The topological polar surface area (TPSA) is 21.7 Å². The van der Waals surface area contributed by atoms with Crippen LogP contribution < -0.4 is 0 Å². The highest BCUT2D eigenvalue weighted by atomic mass is 35.5. The van der Waals surface area contributed by atoms with Gasteiger partial charge >= 0.3 is 0 Å². The Labute approximate surface area is 416 Å². The molecule has 67 heavy (non-hydrogen) atoms. The molecule has 5 unspecified atom stereocenters. The summed E-state index contributed by atoms with van der Waals surface area (Å²) in [5, 5.41) is 2.56. The molecule has 8 aromatic carbocycles. The lowest BCUT2D eigenvalue weighted by atomic mass is 9.78. The van der Waals surface area contributed by atoms with Crippen molar-refractivity contribution in [2.24, 2.45) is 0 Å². The summed E-state index contributed by atoms with van der Waals surface area (Å²) in [4.78, 5) is 2.25. The number of nitrogens with zero attached hydrogens (tertiary/aromatic N) is 1. The summed E-state index contributed by atoms with van der Waals surface area (Å²) < 4.78 is 15.6. The predicted molar refractivity (Wildman–Crippen MR) is 280 cm³/mol. The van der Waals surface area contributed by atoms with Gasteiger partial charge in [-0.3, -0.25) is 0 Å². The van der Waals surface area contributed by atoms with Gasteiger partial charge in [0.1, 0.15) is 22.4 Å². The van der Waals surface area contributed by atoms with Crippen LogP contribution in [0.5, 0.6) is 0 Å². The van der Waals surface area contributed by atoms with E-state index in [0.29, 0.717) is 26.5 Å². The lowest BCUT2D eigenvalue weighted by Gasteiger charge is -2.44. The number of ether oxygens (including phenoxy) is 2. The first kappa shape index (κ1) is 48.3. The molecule has 5 atom stereocenters. The normalized spacial score (nSPS) is 15.7. The van der Waals surface area contributed by atoms with Gasteiger partial charge in [-0.15, -0.1) is 0 Å². The molecule has 0 bridgehead atoms. The SMILES string of the molecule is CN(C)C(Cc1cc(Cl)ccc1C(C)(OC(C)(c1ccccc1)c1ccc(Cl)cc1)c1ccccc1)c1cc(Cl)ccc1C(C)(OC(C)(c1ccccc1)c1ccc(Cl)cc1)c1ccccc1. The van der Waals surface area contributed by atoms with Crippen molar-refractivity contribution >= 4 is 46.4 Å². The lowest BCUT2D eigenvalue weighted by molar-refractivity contribution is -0.108. The third kappa shape index (κ3) is 10.0. The smallest absolute Gasteiger partial charge is 0.117 e. The first-order valence-corrected chi connectivity index (χ1v) is 24.0. The van der Waals surface area contributed by atoms with Crippen LogP contribution >= 0.6 is 46.4 Å². The summed E-state index contributed by atoms with van der Waals surface area (Å²) in [5.74, 6) is 0. The average molecular weight is 964 g/mol. The predicted octanol–water partition coefficient (Wildman–Crippen LogP) is 16.6. The molecule has 0 N–H and O–H groups in total. The minimum absolute atomic E-state index is 0.229. The Bertz CT molecular complexity index is 2900. The van der Waals surface area contributed by atoms with E-state index in [1.165, 1.54) is 0 Å². The van der Waals surface area contributed by atoms with Crippen molar-refractivity contribution in [1.82, 2.24) is 4.90 Å². The molecule has 8 rings (SSSR count). The number of benzene rings is 8. The molecule has 340 valence electrons. The second kappa shape index (κ2) is 20.2. The van der Waals surface area contributed by atoms with E-state index < -0.39 is 22.4 Å². The van der Waals surface area contributed by atoms with Gasteiger partial charge < -0.3 is 14.4 Å². The Morgan fingerprint density at radius 3 is 1.07 bits per heavy atom. The van der Waals surface area contributed by atoms with E-state index in [0.717, 1.165) is 55.6 Å². The third-order valence-corrected chi connectivity index (χ3v) is 14.4. The fraction of sp³-hybridized carbons (Fsp3) is 0.200. The van der Waals surface area contributed by atoms with Crippen molar-refractivity contribution in [1.29, 1.82) is 0 Å². The molecule has 0 aromatic heterocycles. The van der Waals surface area contributed by atoms with Gasteiger partial charge in [-0.2, -0.15) is 0 Å². The van der Waals surface area contributed by atoms with Gasteiger partial charge in [-0.05, 0) is 152 Å². The van der Waals surface area contributed by atoms with Crippen molar-refractivity contribution in [3.05, 3.63) is 282 Å². The van der Waals surface area contributed by atoms with E-state index in [9.17, 15) is 0 Å². The summed E-state index contributed by atoms with van der Waals surface area (Å²) in [6.07, 6.45) is 0.545. The highest BCUT2D eigenvalue weighted by molar-refractivity contribution is 6.31. The molecule has 0 amide bonds. The molecule has 0 aliphatic carbocycles. The molecule has 3 nitrogen and oxygen atoms in total. The van der Waals surface area contributed by atoms with Crippen molar-refractivity contribution in [2.45, 2.75) is 62.6 Å². The Morgan fingerprint density at radius 2 is 0.687 bits per heavy atom. The maximum absolute atomic E-state index is 7.82. The van der Waals surface area contributed by atoms with Gasteiger partial charge in [-0.25, -0.2) is 0 Å². The van der Waals surface area contributed by atoms with Crippen molar-refractivity contribution in [3.8, 4) is 0 Å². The summed E-state index contributed by atoms with van der Waals surface area (Å²) >= 11 is 27.1. The van der Waals surface area contributed by atoms with Crippen LogP contribution in [0, 0.1) is 0 Å². The highest BCUT2D eigenvalue weighted by Crippen LogP contribution is 2.50. The maximum atomic E-state index is 7.82. The fourth-order valence-electron chi connectivity index (χ4n) is 9.70. The Kier molecular flexibility index (Phi) is 14.5. The minimum Gasteiger partial charge on any atom is -0.350 e. The van der Waals surface area contributed by atoms with Crippen molar-refractivity contribution in [2.75, 3.05) is 14.1 Å². The molecule has 0 aliphatic rings. The average Bonchev–Trinajstić information content (AvgIpc) is 3.34. The van der Waals surface area contributed by atoms with Crippen LogP contribution in [-0.4, -0.2) is 19.0 Å². The molecule has 0 heterocycles. The van der Waals surface area contributed by atoms with Gasteiger partial charge in [0.05, 0.1) is 0 Å². The zero-order valence-electron chi connectivity index (χ0n) is 38.7. The van der Waals surface area contributed by atoms with Gasteiger partial charge in [-0.1, -0.05) is 204 Å². The van der Waals surface area contributed by atoms with E-state index >= 15 is 0 Å². The number of halogens is 4. The molecular weight excluding hydrogens is 908 g/mol. The van der Waals surface area contributed by atoms with Crippen molar-refractivity contribution < 1.29 is 9.47 Å². The second-order valence-electron chi connectivity index (χ2n) is 18.0. The van der Waals surface area contributed by atoms with Gasteiger partial charge in [0.2, 0.25) is 0 Å². The Hall–Kier alpha value is -5.20. The molecule has 0 spiro atoms. The largest absolute Gasteiger partial charge is 0.350 e. The van der Waals surface area contributed by atoms with E-state index in [-0.39, 0.29) is 6.04 Å². The monoisotopic (exact) mass is 961 g/mol. The zero-order valence-corrected chi connectivity index (χ0v) is 41.7. The Morgan fingerprint density at radius 1 is 0.373 bits per heavy atom. The van der Waals surface area contributed by atoms with E-state index in [1.807, 2.05) is 84.9 Å². The van der Waals surface area contributed by atoms with E-state index in [1.54, 1.807) is 0 Å². The first-order valence-electron chi connectivity index (χ1n) is 22.5. The molecule has 0 saturated carbocycles. The third-order valence-electron chi connectivity index (χ3n) is 13.4. The number of hydrogen-bond acceptors (Lipinski definition) is 3. The number of rotatable bonds is 16. The van der Waals surface area contributed by atoms with Crippen LogP contribution in [0.3, 0.4) is 0 Å². The lowest BCUT2D eigenvalue weighted by Crippen LogP contribution is -2.41. The van der Waals surface area contributed by atoms with Crippen LogP contribution in [0.15, 0.2) is 206 Å². The second-order valence-corrected chi connectivity index (χ2v) is 19.8. The van der Waals surface area contributed by atoms with E-state index in [2.05, 4.69) is 168 Å². The highest BCUT2D eigenvalue weighted by Gasteiger charge is 2.45. The molecule has 0 saturated heterocycles. The fourth-order valence-corrected chi connectivity index (χ4v) is 10.3. The number of likely N-dealkylation sites (N-methyl/N-ethyl adjacent to an activating group) is 1. The van der Waals surface area contributed by atoms with Crippen LogP contribution in [0.25, 0.3) is 0 Å². The number of hydrogen-bond donors (Lipinski definition) is 0. The molecule has 0 radical (unpaired) electrons. The molecule has 7 heteroatoms. The molecule has 0 fully saturated rings. The zero-order chi connectivity index (χ0) is 47.4. The Balaban J connectivity index is 1.31. The van der Waals surface area contributed by atoms with Gasteiger partial charge in [0, 0.05) is 26.1 Å². The summed E-state index contributed by atoms with van der Waals surface area (Å²) in [5.41, 5.74) is 6.05. The van der Waals surface area contributed by atoms with Crippen molar-refractivity contribution in [3.63, 3.8) is 0 Å². The van der Waals surface area contributed by atoms with Crippen LogP contribution in [-0.2, 0) is 38.3 Å². The summed E-state index contributed by atoms with van der Waals surface area (Å²) in [6, 6.07) is 69.6. The van der Waals surface area contributed by atoms with Crippen LogP contribution in [0.4, 0.5) is 0 Å².